The molecule has 112 valence electrons. The SMILES string of the molecule is COc1ccc(C(Cl)c2c(F)cccc2Cl)c(OC)c1Br. The second-order valence-electron chi connectivity index (χ2n) is 4.20. The van der Waals surface area contributed by atoms with Gasteiger partial charge in [0, 0.05) is 16.1 Å². The van der Waals surface area contributed by atoms with Gasteiger partial charge in [-0.15, -0.1) is 11.6 Å². The van der Waals surface area contributed by atoms with Crippen LogP contribution in [0.3, 0.4) is 0 Å². The van der Waals surface area contributed by atoms with Crippen molar-refractivity contribution in [2.24, 2.45) is 0 Å². The van der Waals surface area contributed by atoms with Crippen molar-refractivity contribution in [2.45, 2.75) is 5.38 Å². The van der Waals surface area contributed by atoms with E-state index in [1.165, 1.54) is 19.2 Å². The number of hydrogen-bond donors (Lipinski definition) is 0. The molecule has 0 aliphatic rings. The summed E-state index contributed by atoms with van der Waals surface area (Å²) in [5, 5.41) is -0.514. The highest BCUT2D eigenvalue weighted by atomic mass is 79.9. The molecule has 0 heterocycles. The first-order valence-corrected chi connectivity index (χ1v) is 7.60. The second-order valence-corrected chi connectivity index (χ2v) is 5.84. The van der Waals surface area contributed by atoms with Crippen LogP contribution in [0.1, 0.15) is 16.5 Å². The van der Waals surface area contributed by atoms with E-state index in [4.69, 9.17) is 32.7 Å². The molecule has 2 aromatic carbocycles. The van der Waals surface area contributed by atoms with Gasteiger partial charge in [0.15, 0.2) is 0 Å². The number of halogens is 4. The lowest BCUT2D eigenvalue weighted by molar-refractivity contribution is 0.386. The van der Waals surface area contributed by atoms with E-state index in [0.29, 0.717) is 21.5 Å². The number of ether oxygens (including phenoxy) is 2. The van der Waals surface area contributed by atoms with Crippen LogP contribution in [0.4, 0.5) is 4.39 Å². The van der Waals surface area contributed by atoms with Gasteiger partial charge in [-0.1, -0.05) is 17.7 Å². The number of methoxy groups -OCH3 is 2. The predicted octanol–water partition coefficient (Wildman–Crippen LogP) is 5.59. The third kappa shape index (κ3) is 3.12. The van der Waals surface area contributed by atoms with Gasteiger partial charge < -0.3 is 9.47 Å². The number of alkyl halides is 1. The summed E-state index contributed by atoms with van der Waals surface area (Å²) >= 11 is 15.9. The summed E-state index contributed by atoms with van der Waals surface area (Å²) in [7, 11) is 3.06. The maximum absolute atomic E-state index is 14.0. The molecule has 6 heteroatoms. The lowest BCUT2D eigenvalue weighted by Crippen LogP contribution is -2.02. The normalized spacial score (nSPS) is 12.1. The van der Waals surface area contributed by atoms with Crippen LogP contribution < -0.4 is 9.47 Å². The van der Waals surface area contributed by atoms with Crippen molar-refractivity contribution in [3.05, 3.63) is 56.8 Å². The zero-order chi connectivity index (χ0) is 15.6. The predicted molar refractivity (Wildman–Crippen MR) is 86.4 cm³/mol. The average molecular weight is 394 g/mol. The first kappa shape index (κ1) is 16.4. The molecule has 0 N–H and O–H groups in total. The molecule has 21 heavy (non-hydrogen) atoms. The third-order valence-corrected chi connectivity index (χ3v) is 4.58. The van der Waals surface area contributed by atoms with Gasteiger partial charge in [-0.2, -0.15) is 0 Å². The van der Waals surface area contributed by atoms with Crippen LogP contribution in [0.15, 0.2) is 34.8 Å². The van der Waals surface area contributed by atoms with E-state index in [1.54, 1.807) is 25.3 Å². The molecule has 0 spiro atoms. The molecule has 2 rings (SSSR count). The Bertz CT molecular complexity index is 644. The Morgan fingerprint density at radius 3 is 2.43 bits per heavy atom. The Labute approximate surface area is 140 Å². The fourth-order valence-corrected chi connectivity index (χ4v) is 3.43. The molecule has 2 aromatic rings. The van der Waals surface area contributed by atoms with Crippen molar-refractivity contribution in [1.29, 1.82) is 0 Å². The Balaban J connectivity index is 2.59. The number of benzene rings is 2. The minimum atomic E-state index is -0.782. The quantitative estimate of drug-likeness (QED) is 0.630. The van der Waals surface area contributed by atoms with Crippen LogP contribution in [0.2, 0.25) is 5.02 Å². The zero-order valence-corrected chi connectivity index (χ0v) is 14.4. The lowest BCUT2D eigenvalue weighted by atomic mass is 10.0. The van der Waals surface area contributed by atoms with Crippen molar-refractivity contribution in [3.63, 3.8) is 0 Å². The van der Waals surface area contributed by atoms with Gasteiger partial charge in [0.05, 0.1) is 19.6 Å². The van der Waals surface area contributed by atoms with Gasteiger partial charge in [0.2, 0.25) is 0 Å². The zero-order valence-electron chi connectivity index (χ0n) is 11.3. The molecule has 0 saturated carbocycles. The monoisotopic (exact) mass is 392 g/mol. The topological polar surface area (TPSA) is 18.5 Å². The molecule has 1 atom stereocenters. The van der Waals surface area contributed by atoms with Gasteiger partial charge in [0.25, 0.3) is 0 Å². The van der Waals surface area contributed by atoms with Crippen LogP contribution in [-0.2, 0) is 0 Å². The highest BCUT2D eigenvalue weighted by molar-refractivity contribution is 9.10. The van der Waals surface area contributed by atoms with E-state index >= 15 is 0 Å². The minimum absolute atomic E-state index is 0.219. The number of hydrogen-bond acceptors (Lipinski definition) is 2. The first-order chi connectivity index (χ1) is 10.0. The molecule has 2 nitrogen and oxygen atoms in total. The van der Waals surface area contributed by atoms with E-state index in [2.05, 4.69) is 15.9 Å². The minimum Gasteiger partial charge on any atom is -0.495 e. The lowest BCUT2D eigenvalue weighted by Gasteiger charge is -2.18. The molecule has 0 fully saturated rings. The van der Waals surface area contributed by atoms with Crippen LogP contribution in [0.25, 0.3) is 0 Å². The Hall–Kier alpha value is -0.970. The molecule has 1 unspecified atom stereocenters. The summed E-state index contributed by atoms with van der Waals surface area (Å²) in [5.41, 5.74) is 0.815. The maximum Gasteiger partial charge on any atom is 0.141 e. The first-order valence-electron chi connectivity index (χ1n) is 5.99. The van der Waals surface area contributed by atoms with Crippen LogP contribution in [-0.4, -0.2) is 14.2 Å². The van der Waals surface area contributed by atoms with Crippen molar-refractivity contribution in [3.8, 4) is 11.5 Å². The highest BCUT2D eigenvalue weighted by Gasteiger charge is 2.24. The number of rotatable bonds is 4. The van der Waals surface area contributed by atoms with E-state index in [1.807, 2.05) is 0 Å². The highest BCUT2D eigenvalue weighted by Crippen LogP contribution is 2.45. The third-order valence-electron chi connectivity index (χ3n) is 3.04. The smallest absolute Gasteiger partial charge is 0.141 e. The van der Waals surface area contributed by atoms with Crippen molar-refractivity contribution >= 4 is 39.1 Å². The second kappa shape index (κ2) is 6.86. The maximum atomic E-state index is 14.0. The molecule has 0 saturated heterocycles. The Morgan fingerprint density at radius 2 is 1.86 bits per heavy atom. The molecule has 0 aliphatic carbocycles. The van der Waals surface area contributed by atoms with Gasteiger partial charge >= 0.3 is 0 Å². The van der Waals surface area contributed by atoms with Gasteiger partial charge in [-0.25, -0.2) is 4.39 Å². The fourth-order valence-electron chi connectivity index (χ4n) is 2.03. The van der Waals surface area contributed by atoms with Crippen molar-refractivity contribution < 1.29 is 13.9 Å². The van der Waals surface area contributed by atoms with E-state index in [9.17, 15) is 4.39 Å². The van der Waals surface area contributed by atoms with Gasteiger partial charge in [0.1, 0.15) is 21.8 Å². The largest absolute Gasteiger partial charge is 0.495 e. The fraction of sp³-hybridized carbons (Fsp3) is 0.200. The van der Waals surface area contributed by atoms with E-state index in [0.717, 1.165) is 0 Å². The molecule has 0 radical (unpaired) electrons. The summed E-state index contributed by atoms with van der Waals surface area (Å²) in [5.74, 6) is 0.615. The van der Waals surface area contributed by atoms with E-state index in [-0.39, 0.29) is 10.6 Å². The van der Waals surface area contributed by atoms with E-state index < -0.39 is 11.2 Å². The molecule has 0 bridgehead atoms. The van der Waals surface area contributed by atoms with Crippen LogP contribution in [0, 0.1) is 5.82 Å². The van der Waals surface area contributed by atoms with Gasteiger partial charge in [-0.3, -0.25) is 0 Å². The van der Waals surface area contributed by atoms with Crippen LogP contribution in [0.5, 0.6) is 11.5 Å². The standard InChI is InChI=1S/C15H12BrCl2FO2/c1-20-11-7-6-8(15(21-2)13(11)16)14(18)12-9(17)4-3-5-10(12)19/h3-7,14H,1-2H3. The Kier molecular flexibility index (Phi) is 5.36. The summed E-state index contributed by atoms with van der Waals surface area (Å²) in [6.07, 6.45) is 0. The van der Waals surface area contributed by atoms with Gasteiger partial charge in [-0.05, 0) is 40.2 Å². The molecular weight excluding hydrogens is 382 g/mol. The molecule has 0 amide bonds. The molecular formula is C15H12BrCl2FO2. The average Bonchev–Trinajstić information content (AvgIpc) is 2.46. The van der Waals surface area contributed by atoms with Crippen molar-refractivity contribution in [2.75, 3.05) is 14.2 Å². The van der Waals surface area contributed by atoms with Crippen LogP contribution >= 0.6 is 39.1 Å². The summed E-state index contributed by atoms with van der Waals surface area (Å²) in [6, 6.07) is 7.91. The Morgan fingerprint density at radius 1 is 1.14 bits per heavy atom. The summed E-state index contributed by atoms with van der Waals surface area (Å²) < 4.78 is 25.2. The van der Waals surface area contributed by atoms with Crippen molar-refractivity contribution in [1.82, 2.24) is 0 Å². The summed E-state index contributed by atoms with van der Waals surface area (Å²) in [6.45, 7) is 0. The molecule has 0 aromatic heterocycles. The summed E-state index contributed by atoms with van der Waals surface area (Å²) in [4.78, 5) is 0. The molecule has 0 aliphatic heterocycles.